The molecular formula is C14H11IN2O2. The Balaban J connectivity index is 2.15. The van der Waals surface area contributed by atoms with Crippen LogP contribution in [0, 0.1) is 3.57 Å². The summed E-state index contributed by atoms with van der Waals surface area (Å²) in [6.45, 7) is 0. The fraction of sp³-hybridized carbons (Fsp3) is 0.0714. The zero-order valence-electron chi connectivity index (χ0n) is 10.2. The van der Waals surface area contributed by atoms with E-state index in [1.54, 1.807) is 13.3 Å². The van der Waals surface area contributed by atoms with E-state index < -0.39 is 0 Å². The molecule has 1 aromatic carbocycles. The Hall–Kier alpha value is -1.76. The van der Waals surface area contributed by atoms with Crippen LogP contribution in [0.4, 0.5) is 5.69 Å². The maximum absolute atomic E-state index is 12.1. The molecule has 0 saturated heterocycles. The SMILES string of the molecule is COc1cc[nH]c1/C=C1\C(=O)Nc2cccc(I)c21. The van der Waals surface area contributed by atoms with Gasteiger partial charge in [0.15, 0.2) is 0 Å². The molecule has 0 spiro atoms. The van der Waals surface area contributed by atoms with Crippen LogP contribution in [0.3, 0.4) is 0 Å². The van der Waals surface area contributed by atoms with Gasteiger partial charge in [0.05, 0.1) is 24.1 Å². The maximum Gasteiger partial charge on any atom is 0.256 e. The number of aromatic amines is 1. The second-order valence-electron chi connectivity index (χ2n) is 4.13. The Kier molecular flexibility index (Phi) is 3.06. The molecule has 19 heavy (non-hydrogen) atoms. The third-order valence-corrected chi connectivity index (χ3v) is 3.92. The number of methoxy groups -OCH3 is 1. The Labute approximate surface area is 124 Å². The van der Waals surface area contributed by atoms with Crippen LogP contribution >= 0.6 is 22.6 Å². The first-order valence-electron chi connectivity index (χ1n) is 5.74. The number of aromatic nitrogens is 1. The van der Waals surface area contributed by atoms with Gasteiger partial charge in [0, 0.05) is 15.3 Å². The number of nitrogens with one attached hydrogen (secondary N) is 2. The van der Waals surface area contributed by atoms with Gasteiger partial charge < -0.3 is 15.0 Å². The molecule has 0 bridgehead atoms. The van der Waals surface area contributed by atoms with Gasteiger partial charge in [0.2, 0.25) is 0 Å². The molecule has 0 radical (unpaired) electrons. The van der Waals surface area contributed by atoms with Gasteiger partial charge in [-0.15, -0.1) is 0 Å². The number of ether oxygens (including phenoxy) is 1. The van der Waals surface area contributed by atoms with E-state index in [2.05, 4.69) is 32.9 Å². The molecule has 2 aromatic rings. The molecule has 1 aliphatic rings. The molecule has 4 nitrogen and oxygen atoms in total. The zero-order chi connectivity index (χ0) is 13.4. The normalized spacial score (nSPS) is 15.5. The lowest BCUT2D eigenvalue weighted by molar-refractivity contribution is -0.110. The van der Waals surface area contributed by atoms with E-state index in [1.807, 2.05) is 30.3 Å². The van der Waals surface area contributed by atoms with Crippen molar-refractivity contribution in [2.75, 3.05) is 12.4 Å². The Morgan fingerprint density at radius 2 is 2.16 bits per heavy atom. The third-order valence-electron chi connectivity index (χ3n) is 3.02. The van der Waals surface area contributed by atoms with Crippen molar-refractivity contribution in [2.45, 2.75) is 0 Å². The van der Waals surface area contributed by atoms with E-state index >= 15 is 0 Å². The van der Waals surface area contributed by atoms with E-state index in [0.717, 1.165) is 26.3 Å². The van der Waals surface area contributed by atoms with Crippen LogP contribution in [0.2, 0.25) is 0 Å². The highest BCUT2D eigenvalue weighted by Gasteiger charge is 2.26. The number of hydrogen-bond acceptors (Lipinski definition) is 2. The van der Waals surface area contributed by atoms with E-state index in [9.17, 15) is 4.79 Å². The molecular weight excluding hydrogens is 355 g/mol. The number of halogens is 1. The summed E-state index contributed by atoms with van der Waals surface area (Å²) in [5.41, 5.74) is 3.25. The van der Waals surface area contributed by atoms with E-state index in [-0.39, 0.29) is 5.91 Å². The van der Waals surface area contributed by atoms with E-state index in [0.29, 0.717) is 5.57 Å². The molecule has 0 aliphatic carbocycles. The summed E-state index contributed by atoms with van der Waals surface area (Å²) >= 11 is 2.24. The summed E-state index contributed by atoms with van der Waals surface area (Å²) in [5.74, 6) is 0.635. The highest BCUT2D eigenvalue weighted by atomic mass is 127. The molecule has 2 N–H and O–H groups in total. The number of hydrogen-bond donors (Lipinski definition) is 2. The number of benzene rings is 1. The molecule has 3 rings (SSSR count). The van der Waals surface area contributed by atoms with Crippen LogP contribution in [0.1, 0.15) is 11.3 Å². The fourth-order valence-corrected chi connectivity index (χ4v) is 2.93. The predicted octanol–water partition coefficient (Wildman–Crippen LogP) is 3.12. The molecule has 1 amide bonds. The fourth-order valence-electron chi connectivity index (χ4n) is 2.15. The first-order valence-corrected chi connectivity index (χ1v) is 6.82. The topological polar surface area (TPSA) is 54.1 Å². The van der Waals surface area contributed by atoms with Gasteiger partial charge in [0.25, 0.3) is 5.91 Å². The van der Waals surface area contributed by atoms with Gasteiger partial charge >= 0.3 is 0 Å². The predicted molar refractivity (Wildman–Crippen MR) is 83.0 cm³/mol. The highest BCUT2D eigenvalue weighted by Crippen LogP contribution is 2.37. The van der Waals surface area contributed by atoms with Gasteiger partial charge in [-0.1, -0.05) is 6.07 Å². The zero-order valence-corrected chi connectivity index (χ0v) is 12.3. The minimum absolute atomic E-state index is 0.0873. The molecule has 0 unspecified atom stereocenters. The number of rotatable bonds is 2. The van der Waals surface area contributed by atoms with Crippen LogP contribution in [0.15, 0.2) is 30.5 Å². The summed E-state index contributed by atoms with van der Waals surface area (Å²) in [4.78, 5) is 15.1. The van der Waals surface area contributed by atoms with Gasteiger partial charge in [-0.25, -0.2) is 0 Å². The molecule has 1 aliphatic heterocycles. The lowest BCUT2D eigenvalue weighted by atomic mass is 10.1. The molecule has 0 saturated carbocycles. The van der Waals surface area contributed by atoms with E-state index in [4.69, 9.17) is 4.74 Å². The van der Waals surface area contributed by atoms with E-state index in [1.165, 1.54) is 0 Å². The molecule has 2 heterocycles. The van der Waals surface area contributed by atoms with Crippen LogP contribution in [-0.4, -0.2) is 18.0 Å². The van der Waals surface area contributed by atoms with Gasteiger partial charge in [-0.2, -0.15) is 0 Å². The van der Waals surface area contributed by atoms with Crippen molar-refractivity contribution in [3.63, 3.8) is 0 Å². The van der Waals surface area contributed by atoms with Crippen molar-refractivity contribution in [2.24, 2.45) is 0 Å². The lowest BCUT2D eigenvalue weighted by Gasteiger charge is -2.02. The van der Waals surface area contributed by atoms with Crippen molar-refractivity contribution >= 4 is 45.8 Å². The number of anilines is 1. The van der Waals surface area contributed by atoms with Gasteiger partial charge in [0.1, 0.15) is 5.75 Å². The standard InChI is InChI=1S/C14H11IN2O2/c1-19-12-5-6-16-11(12)7-8-13-9(15)3-2-4-10(13)17-14(8)18/h2-7,16H,1H3,(H,17,18)/b8-7-. The summed E-state index contributed by atoms with van der Waals surface area (Å²) in [6, 6.07) is 7.65. The van der Waals surface area contributed by atoms with Crippen molar-refractivity contribution in [3.05, 3.63) is 45.3 Å². The average Bonchev–Trinajstić information content (AvgIpc) is 2.96. The van der Waals surface area contributed by atoms with Crippen LogP contribution in [0.25, 0.3) is 11.6 Å². The average molecular weight is 366 g/mol. The van der Waals surface area contributed by atoms with Crippen molar-refractivity contribution in [3.8, 4) is 5.75 Å². The first-order chi connectivity index (χ1) is 9.20. The smallest absolute Gasteiger partial charge is 0.256 e. The first kappa shape index (κ1) is 12.3. The number of carbonyl (C=O) groups is 1. The maximum atomic E-state index is 12.1. The molecule has 1 aromatic heterocycles. The largest absolute Gasteiger partial charge is 0.495 e. The monoisotopic (exact) mass is 366 g/mol. The molecule has 0 fully saturated rings. The second-order valence-corrected chi connectivity index (χ2v) is 5.30. The summed E-state index contributed by atoms with van der Waals surface area (Å²) in [6.07, 6.45) is 3.61. The van der Waals surface area contributed by atoms with Crippen LogP contribution in [0.5, 0.6) is 5.75 Å². The number of carbonyl (C=O) groups excluding carboxylic acids is 1. The second kappa shape index (κ2) is 4.73. The number of amides is 1. The Morgan fingerprint density at radius 1 is 1.32 bits per heavy atom. The summed E-state index contributed by atoms with van der Waals surface area (Å²) in [7, 11) is 1.61. The minimum atomic E-state index is -0.0873. The van der Waals surface area contributed by atoms with Gasteiger partial charge in [-0.05, 0) is 46.9 Å². The number of H-pyrrole nitrogens is 1. The highest BCUT2D eigenvalue weighted by molar-refractivity contribution is 14.1. The summed E-state index contributed by atoms with van der Waals surface area (Å²) in [5, 5.41) is 2.87. The van der Waals surface area contributed by atoms with Gasteiger partial charge in [-0.3, -0.25) is 4.79 Å². The van der Waals surface area contributed by atoms with Crippen molar-refractivity contribution < 1.29 is 9.53 Å². The Bertz CT molecular complexity index is 689. The third kappa shape index (κ3) is 2.03. The molecule has 0 atom stereocenters. The summed E-state index contributed by atoms with van der Waals surface area (Å²) < 4.78 is 6.29. The van der Waals surface area contributed by atoms with Crippen molar-refractivity contribution in [1.29, 1.82) is 0 Å². The molecule has 5 heteroatoms. The molecule has 96 valence electrons. The minimum Gasteiger partial charge on any atom is -0.495 e. The van der Waals surface area contributed by atoms with Crippen LogP contribution < -0.4 is 10.1 Å². The lowest BCUT2D eigenvalue weighted by Crippen LogP contribution is -2.03. The quantitative estimate of drug-likeness (QED) is 0.634. The van der Waals surface area contributed by atoms with Crippen LogP contribution in [-0.2, 0) is 4.79 Å². The Morgan fingerprint density at radius 3 is 2.95 bits per heavy atom. The number of fused-ring (bicyclic) bond motifs is 1. The van der Waals surface area contributed by atoms with Crippen molar-refractivity contribution in [1.82, 2.24) is 4.98 Å².